The van der Waals surface area contributed by atoms with Gasteiger partial charge in [-0.3, -0.25) is 0 Å². The zero-order valence-corrected chi connectivity index (χ0v) is 7.64. The number of nitrogen functional groups attached to an aromatic ring is 1. The molecular formula is C9H8F2N4. The van der Waals surface area contributed by atoms with Crippen molar-refractivity contribution in [1.29, 1.82) is 0 Å². The topological polar surface area (TPSA) is 56.7 Å². The highest BCUT2D eigenvalue weighted by Crippen LogP contribution is 2.19. The highest BCUT2D eigenvalue weighted by Gasteiger charge is 2.13. The van der Waals surface area contributed by atoms with Crippen molar-refractivity contribution < 1.29 is 8.78 Å². The van der Waals surface area contributed by atoms with Gasteiger partial charge in [0.25, 0.3) is 6.43 Å². The molecule has 0 aliphatic rings. The average molecular weight is 210 g/mol. The molecule has 4 nitrogen and oxygen atoms in total. The lowest BCUT2D eigenvalue weighted by molar-refractivity contribution is 0.146. The molecule has 0 aliphatic heterocycles. The van der Waals surface area contributed by atoms with E-state index in [9.17, 15) is 8.78 Å². The second-order valence-corrected chi connectivity index (χ2v) is 2.95. The van der Waals surface area contributed by atoms with E-state index in [4.69, 9.17) is 5.73 Å². The third-order valence-corrected chi connectivity index (χ3v) is 1.92. The maximum atomic E-state index is 12.2. The van der Waals surface area contributed by atoms with Gasteiger partial charge in [0.1, 0.15) is 5.69 Å². The Morgan fingerprint density at radius 3 is 2.60 bits per heavy atom. The highest BCUT2D eigenvalue weighted by molar-refractivity contribution is 5.56. The molecular weight excluding hydrogens is 202 g/mol. The van der Waals surface area contributed by atoms with Crippen LogP contribution in [0.3, 0.4) is 0 Å². The predicted octanol–water partition coefficient (Wildman–Crippen LogP) is 1.79. The van der Waals surface area contributed by atoms with Crippen molar-refractivity contribution >= 4 is 5.69 Å². The Morgan fingerprint density at radius 1 is 1.27 bits per heavy atom. The zero-order valence-electron chi connectivity index (χ0n) is 7.64. The Balaban J connectivity index is 2.42. The molecule has 6 heteroatoms. The van der Waals surface area contributed by atoms with Gasteiger partial charge in [0.05, 0.1) is 17.6 Å². The van der Waals surface area contributed by atoms with Crippen LogP contribution in [-0.2, 0) is 0 Å². The van der Waals surface area contributed by atoms with Gasteiger partial charge < -0.3 is 5.73 Å². The molecule has 1 aromatic carbocycles. The Bertz CT molecular complexity index is 467. The van der Waals surface area contributed by atoms with Crippen molar-refractivity contribution in [2.75, 3.05) is 5.73 Å². The number of benzene rings is 1. The van der Waals surface area contributed by atoms with Crippen LogP contribution in [0.4, 0.5) is 14.5 Å². The molecule has 2 aromatic rings. The minimum Gasteiger partial charge on any atom is -0.397 e. The normalized spacial score (nSPS) is 10.9. The Kier molecular flexibility index (Phi) is 2.32. The van der Waals surface area contributed by atoms with Crippen LogP contribution in [0.25, 0.3) is 5.69 Å². The average Bonchev–Trinajstić information content (AvgIpc) is 2.67. The number of nitrogens with two attached hydrogens (primary N) is 1. The first-order chi connectivity index (χ1) is 7.18. The van der Waals surface area contributed by atoms with Crippen molar-refractivity contribution in [3.05, 3.63) is 36.2 Å². The van der Waals surface area contributed by atoms with E-state index in [1.54, 1.807) is 24.3 Å². The van der Waals surface area contributed by atoms with E-state index < -0.39 is 6.43 Å². The maximum Gasteiger partial charge on any atom is 0.283 e. The summed E-state index contributed by atoms with van der Waals surface area (Å²) >= 11 is 0. The lowest BCUT2D eigenvalue weighted by Crippen LogP contribution is -1.99. The van der Waals surface area contributed by atoms with E-state index in [-0.39, 0.29) is 5.69 Å². The van der Waals surface area contributed by atoms with E-state index in [2.05, 4.69) is 10.3 Å². The predicted molar refractivity (Wildman–Crippen MR) is 50.7 cm³/mol. The number of para-hydroxylation sites is 2. The second kappa shape index (κ2) is 3.64. The van der Waals surface area contributed by atoms with Gasteiger partial charge in [0.2, 0.25) is 0 Å². The van der Waals surface area contributed by atoms with Crippen molar-refractivity contribution in [1.82, 2.24) is 15.0 Å². The van der Waals surface area contributed by atoms with Crippen LogP contribution in [0.2, 0.25) is 0 Å². The fourth-order valence-electron chi connectivity index (χ4n) is 1.19. The number of alkyl halides is 2. The quantitative estimate of drug-likeness (QED) is 0.769. The summed E-state index contributed by atoms with van der Waals surface area (Å²) in [6.07, 6.45) is -1.46. The lowest BCUT2D eigenvalue weighted by atomic mass is 10.3. The van der Waals surface area contributed by atoms with Crippen molar-refractivity contribution in [3.8, 4) is 5.69 Å². The molecule has 78 valence electrons. The Morgan fingerprint density at radius 2 is 2.00 bits per heavy atom. The first kappa shape index (κ1) is 9.57. The second-order valence-electron chi connectivity index (χ2n) is 2.95. The summed E-state index contributed by atoms with van der Waals surface area (Å²) in [6.45, 7) is 0. The first-order valence-corrected chi connectivity index (χ1v) is 4.24. The molecule has 2 rings (SSSR count). The molecule has 0 radical (unpaired) electrons. The van der Waals surface area contributed by atoms with Crippen molar-refractivity contribution in [2.45, 2.75) is 6.43 Å². The molecule has 0 aliphatic carbocycles. The van der Waals surface area contributed by atoms with Crippen LogP contribution >= 0.6 is 0 Å². The van der Waals surface area contributed by atoms with Crippen molar-refractivity contribution in [2.24, 2.45) is 0 Å². The van der Waals surface area contributed by atoms with Gasteiger partial charge in [0, 0.05) is 0 Å². The van der Waals surface area contributed by atoms with Gasteiger partial charge in [-0.2, -0.15) is 0 Å². The standard InChI is InChI=1S/C9H8F2N4/c10-9(11)7-5-15(14-13-7)8-4-2-1-3-6(8)12/h1-5,9H,12H2. The summed E-state index contributed by atoms with van der Waals surface area (Å²) in [6, 6.07) is 6.84. The monoisotopic (exact) mass is 210 g/mol. The van der Waals surface area contributed by atoms with Crippen LogP contribution in [0, 0.1) is 0 Å². The molecule has 0 saturated heterocycles. The summed E-state index contributed by atoms with van der Waals surface area (Å²) in [4.78, 5) is 0. The number of aromatic nitrogens is 3. The Hall–Kier alpha value is -1.98. The molecule has 0 atom stereocenters. The first-order valence-electron chi connectivity index (χ1n) is 4.24. The van der Waals surface area contributed by atoms with Crippen LogP contribution in [0.15, 0.2) is 30.5 Å². The van der Waals surface area contributed by atoms with E-state index >= 15 is 0 Å². The third kappa shape index (κ3) is 1.78. The van der Waals surface area contributed by atoms with E-state index in [0.29, 0.717) is 11.4 Å². The van der Waals surface area contributed by atoms with E-state index in [1.807, 2.05) is 0 Å². The maximum absolute atomic E-state index is 12.2. The number of anilines is 1. The fourth-order valence-corrected chi connectivity index (χ4v) is 1.19. The number of rotatable bonds is 2. The van der Waals surface area contributed by atoms with Gasteiger partial charge in [0.15, 0.2) is 0 Å². The molecule has 0 amide bonds. The molecule has 0 spiro atoms. The Labute approximate surface area is 84.3 Å². The van der Waals surface area contributed by atoms with Gasteiger partial charge in [-0.15, -0.1) is 5.10 Å². The van der Waals surface area contributed by atoms with Gasteiger partial charge in [-0.05, 0) is 12.1 Å². The molecule has 0 unspecified atom stereocenters. The summed E-state index contributed by atoms with van der Waals surface area (Å²) < 4.78 is 25.7. The van der Waals surface area contributed by atoms with Gasteiger partial charge in [-0.25, -0.2) is 13.5 Å². The van der Waals surface area contributed by atoms with Gasteiger partial charge in [-0.1, -0.05) is 17.3 Å². The molecule has 0 saturated carbocycles. The highest BCUT2D eigenvalue weighted by atomic mass is 19.3. The smallest absolute Gasteiger partial charge is 0.283 e. The fraction of sp³-hybridized carbons (Fsp3) is 0.111. The largest absolute Gasteiger partial charge is 0.397 e. The van der Waals surface area contributed by atoms with Gasteiger partial charge >= 0.3 is 0 Å². The molecule has 0 bridgehead atoms. The number of hydrogen-bond acceptors (Lipinski definition) is 3. The molecule has 1 heterocycles. The summed E-state index contributed by atoms with van der Waals surface area (Å²) in [5, 5.41) is 6.92. The number of hydrogen-bond donors (Lipinski definition) is 1. The summed E-state index contributed by atoms with van der Waals surface area (Å²) in [5.74, 6) is 0. The summed E-state index contributed by atoms with van der Waals surface area (Å²) in [5.41, 5.74) is 6.30. The minimum atomic E-state index is -2.62. The van der Waals surface area contributed by atoms with Crippen LogP contribution in [-0.4, -0.2) is 15.0 Å². The molecule has 2 N–H and O–H groups in total. The number of nitrogens with zero attached hydrogens (tertiary/aromatic N) is 3. The van der Waals surface area contributed by atoms with Crippen LogP contribution in [0.5, 0.6) is 0 Å². The lowest BCUT2D eigenvalue weighted by Gasteiger charge is -2.02. The third-order valence-electron chi connectivity index (χ3n) is 1.92. The van der Waals surface area contributed by atoms with E-state index in [1.165, 1.54) is 4.68 Å². The van der Waals surface area contributed by atoms with E-state index in [0.717, 1.165) is 6.20 Å². The molecule has 0 fully saturated rings. The SMILES string of the molecule is Nc1ccccc1-n1cc(C(F)F)nn1. The van der Waals surface area contributed by atoms with Crippen LogP contribution in [0.1, 0.15) is 12.1 Å². The van der Waals surface area contributed by atoms with Crippen LogP contribution < -0.4 is 5.73 Å². The molecule has 1 aromatic heterocycles. The summed E-state index contributed by atoms with van der Waals surface area (Å²) in [7, 11) is 0. The number of halogens is 2. The zero-order chi connectivity index (χ0) is 10.8. The minimum absolute atomic E-state index is 0.363. The van der Waals surface area contributed by atoms with Crippen molar-refractivity contribution in [3.63, 3.8) is 0 Å². The molecule has 15 heavy (non-hydrogen) atoms.